The van der Waals surface area contributed by atoms with E-state index >= 15 is 0 Å². The Morgan fingerprint density at radius 1 is 1.08 bits per heavy atom. The van der Waals surface area contributed by atoms with E-state index in [4.69, 9.17) is 4.74 Å². The lowest BCUT2D eigenvalue weighted by molar-refractivity contribution is 0.102. The molecule has 1 N–H and O–H groups in total. The van der Waals surface area contributed by atoms with Crippen LogP contribution in [0, 0.1) is 0 Å². The number of methoxy groups -OCH3 is 1. The molecular formula is C20H20N4O2. The van der Waals surface area contributed by atoms with Gasteiger partial charge in [-0.15, -0.1) is 0 Å². The smallest absolute Gasteiger partial charge is 0.274 e. The molecule has 26 heavy (non-hydrogen) atoms. The molecule has 1 amide bonds. The molecule has 0 atom stereocenters. The molecule has 0 aliphatic rings. The summed E-state index contributed by atoms with van der Waals surface area (Å²) < 4.78 is 5.17. The van der Waals surface area contributed by atoms with Crippen LogP contribution in [0.5, 0.6) is 5.75 Å². The van der Waals surface area contributed by atoms with Gasteiger partial charge in [0.1, 0.15) is 23.6 Å². The maximum atomic E-state index is 12.5. The second kappa shape index (κ2) is 8.11. The molecule has 0 saturated carbocycles. The molecule has 0 radical (unpaired) electrons. The first-order valence-corrected chi connectivity index (χ1v) is 8.18. The predicted octanol–water partition coefficient (Wildman–Crippen LogP) is 3.37. The first-order valence-electron chi connectivity index (χ1n) is 8.18. The van der Waals surface area contributed by atoms with E-state index in [1.165, 1.54) is 6.33 Å². The van der Waals surface area contributed by atoms with Crippen molar-refractivity contribution in [2.45, 2.75) is 6.54 Å². The summed E-state index contributed by atoms with van der Waals surface area (Å²) in [5.74, 6) is 1.06. The molecule has 0 spiro atoms. The Labute approximate surface area is 152 Å². The highest BCUT2D eigenvalue weighted by molar-refractivity contribution is 6.03. The number of hydrogen-bond acceptors (Lipinski definition) is 5. The van der Waals surface area contributed by atoms with Gasteiger partial charge in [0.15, 0.2) is 0 Å². The Morgan fingerprint density at radius 2 is 1.88 bits per heavy atom. The first-order chi connectivity index (χ1) is 12.7. The normalized spacial score (nSPS) is 10.2. The molecule has 132 valence electrons. The van der Waals surface area contributed by atoms with Crippen molar-refractivity contribution in [3.63, 3.8) is 0 Å². The topological polar surface area (TPSA) is 67.3 Å². The van der Waals surface area contributed by atoms with Crippen molar-refractivity contribution in [2.24, 2.45) is 0 Å². The standard InChI is InChI=1S/C20H20N4O2/c1-24(13-15-7-4-3-5-8-15)19-12-18(21-14-22-19)20(25)23-16-9-6-10-17(11-16)26-2/h3-12,14H,13H2,1-2H3,(H,23,25). The first kappa shape index (κ1) is 17.4. The SMILES string of the molecule is COc1cccc(NC(=O)c2cc(N(C)Cc3ccccc3)ncn2)c1. The molecule has 2 aromatic carbocycles. The van der Waals surface area contributed by atoms with Gasteiger partial charge in [-0.2, -0.15) is 0 Å². The Kier molecular flexibility index (Phi) is 5.43. The lowest BCUT2D eigenvalue weighted by atomic mass is 10.2. The highest BCUT2D eigenvalue weighted by Crippen LogP contribution is 2.18. The zero-order chi connectivity index (χ0) is 18.4. The van der Waals surface area contributed by atoms with Crippen LogP contribution in [0.1, 0.15) is 16.1 Å². The second-order valence-corrected chi connectivity index (χ2v) is 5.79. The molecule has 6 nitrogen and oxygen atoms in total. The highest BCUT2D eigenvalue weighted by Gasteiger charge is 2.12. The van der Waals surface area contributed by atoms with Crippen LogP contribution in [0.15, 0.2) is 67.0 Å². The molecule has 0 unspecified atom stereocenters. The summed E-state index contributed by atoms with van der Waals surface area (Å²) in [6.07, 6.45) is 1.40. The molecule has 0 aliphatic heterocycles. The third kappa shape index (κ3) is 4.36. The number of carbonyl (C=O) groups excluding carboxylic acids is 1. The van der Waals surface area contributed by atoms with E-state index in [9.17, 15) is 4.79 Å². The quantitative estimate of drug-likeness (QED) is 0.740. The number of aromatic nitrogens is 2. The zero-order valence-electron chi connectivity index (χ0n) is 14.7. The molecule has 3 aromatic rings. The average Bonchev–Trinajstić information content (AvgIpc) is 2.69. The molecule has 0 bridgehead atoms. The summed E-state index contributed by atoms with van der Waals surface area (Å²) in [6, 6.07) is 18.9. The molecule has 0 aliphatic carbocycles. The van der Waals surface area contributed by atoms with Crippen molar-refractivity contribution in [3.8, 4) is 5.75 Å². The van der Waals surface area contributed by atoms with Crippen LogP contribution >= 0.6 is 0 Å². The van der Waals surface area contributed by atoms with E-state index in [0.717, 1.165) is 5.56 Å². The Balaban J connectivity index is 1.72. The minimum absolute atomic E-state index is 0.296. The van der Waals surface area contributed by atoms with E-state index in [2.05, 4.69) is 15.3 Å². The third-order valence-electron chi connectivity index (χ3n) is 3.87. The number of benzene rings is 2. The van der Waals surface area contributed by atoms with Crippen LogP contribution < -0.4 is 15.0 Å². The largest absolute Gasteiger partial charge is 0.497 e. The van der Waals surface area contributed by atoms with Crippen molar-refractivity contribution < 1.29 is 9.53 Å². The van der Waals surface area contributed by atoms with Crippen molar-refractivity contribution in [1.29, 1.82) is 0 Å². The number of nitrogens with one attached hydrogen (secondary N) is 1. The lowest BCUT2D eigenvalue weighted by Gasteiger charge is -2.18. The summed E-state index contributed by atoms with van der Waals surface area (Å²) in [5, 5.41) is 2.82. The van der Waals surface area contributed by atoms with Crippen LogP contribution in [0.3, 0.4) is 0 Å². The zero-order valence-corrected chi connectivity index (χ0v) is 14.7. The van der Waals surface area contributed by atoms with Crippen LogP contribution in [0.25, 0.3) is 0 Å². The number of ether oxygens (including phenoxy) is 1. The van der Waals surface area contributed by atoms with Crippen molar-refractivity contribution >= 4 is 17.4 Å². The average molecular weight is 348 g/mol. The molecule has 6 heteroatoms. The Bertz CT molecular complexity index is 884. The number of hydrogen-bond donors (Lipinski definition) is 1. The maximum Gasteiger partial charge on any atom is 0.274 e. The number of rotatable bonds is 6. The third-order valence-corrected chi connectivity index (χ3v) is 3.87. The van der Waals surface area contributed by atoms with Gasteiger partial charge >= 0.3 is 0 Å². The number of amides is 1. The van der Waals surface area contributed by atoms with Crippen LogP contribution in [-0.2, 0) is 6.54 Å². The van der Waals surface area contributed by atoms with Crippen LogP contribution in [0.4, 0.5) is 11.5 Å². The minimum Gasteiger partial charge on any atom is -0.497 e. The van der Waals surface area contributed by atoms with Gasteiger partial charge in [-0.05, 0) is 17.7 Å². The van der Waals surface area contributed by atoms with Gasteiger partial charge in [0, 0.05) is 31.4 Å². The molecule has 1 heterocycles. The van der Waals surface area contributed by atoms with Crippen LogP contribution in [-0.4, -0.2) is 30.0 Å². The summed E-state index contributed by atoms with van der Waals surface area (Å²) in [4.78, 5) is 22.8. The summed E-state index contributed by atoms with van der Waals surface area (Å²) in [6.45, 7) is 0.689. The summed E-state index contributed by atoms with van der Waals surface area (Å²) in [7, 11) is 3.51. The fourth-order valence-corrected chi connectivity index (χ4v) is 2.51. The van der Waals surface area contributed by atoms with Gasteiger partial charge in [0.05, 0.1) is 7.11 Å². The predicted molar refractivity (Wildman–Crippen MR) is 102 cm³/mol. The maximum absolute atomic E-state index is 12.5. The fraction of sp³-hybridized carbons (Fsp3) is 0.150. The van der Waals surface area contributed by atoms with Gasteiger partial charge in [-0.3, -0.25) is 4.79 Å². The van der Waals surface area contributed by atoms with Gasteiger partial charge in [-0.1, -0.05) is 36.4 Å². The van der Waals surface area contributed by atoms with E-state index in [1.807, 2.05) is 54.4 Å². The van der Waals surface area contributed by atoms with Crippen molar-refractivity contribution in [1.82, 2.24) is 9.97 Å². The van der Waals surface area contributed by atoms with E-state index in [-0.39, 0.29) is 5.91 Å². The minimum atomic E-state index is -0.296. The molecular weight excluding hydrogens is 328 g/mol. The molecule has 3 rings (SSSR count). The number of nitrogens with zero attached hydrogens (tertiary/aromatic N) is 3. The van der Waals surface area contributed by atoms with Gasteiger partial charge in [0.2, 0.25) is 0 Å². The van der Waals surface area contributed by atoms with Crippen molar-refractivity contribution in [2.75, 3.05) is 24.4 Å². The second-order valence-electron chi connectivity index (χ2n) is 5.79. The number of carbonyl (C=O) groups is 1. The highest BCUT2D eigenvalue weighted by atomic mass is 16.5. The van der Waals surface area contributed by atoms with Crippen LogP contribution in [0.2, 0.25) is 0 Å². The van der Waals surface area contributed by atoms with Gasteiger partial charge in [-0.25, -0.2) is 9.97 Å². The van der Waals surface area contributed by atoms with E-state index in [0.29, 0.717) is 29.5 Å². The van der Waals surface area contributed by atoms with E-state index < -0.39 is 0 Å². The molecule has 0 saturated heterocycles. The summed E-state index contributed by atoms with van der Waals surface area (Å²) in [5.41, 5.74) is 2.11. The lowest BCUT2D eigenvalue weighted by Crippen LogP contribution is -2.20. The number of anilines is 2. The summed E-state index contributed by atoms with van der Waals surface area (Å²) >= 11 is 0. The monoisotopic (exact) mass is 348 g/mol. The van der Waals surface area contributed by atoms with E-state index in [1.54, 1.807) is 25.3 Å². The van der Waals surface area contributed by atoms with Crippen molar-refractivity contribution in [3.05, 3.63) is 78.2 Å². The Morgan fingerprint density at radius 3 is 2.65 bits per heavy atom. The van der Waals surface area contributed by atoms with Gasteiger partial charge < -0.3 is 15.0 Å². The Hall–Kier alpha value is -3.41. The molecule has 0 fully saturated rings. The fourth-order valence-electron chi connectivity index (χ4n) is 2.51. The van der Waals surface area contributed by atoms with Gasteiger partial charge in [0.25, 0.3) is 5.91 Å². The molecule has 1 aromatic heterocycles.